The highest BCUT2D eigenvalue weighted by Crippen LogP contribution is 2.26. The van der Waals surface area contributed by atoms with E-state index in [2.05, 4.69) is 0 Å². The average Bonchev–Trinajstić information content (AvgIpc) is 2.40. The van der Waals surface area contributed by atoms with Crippen LogP contribution in [0.1, 0.15) is 12.0 Å². The number of phenolic OH excluding ortho intramolecular Hbond substituents is 1. The molecule has 0 bridgehead atoms. The van der Waals surface area contributed by atoms with Crippen molar-refractivity contribution in [2.24, 2.45) is 5.73 Å². The maximum absolute atomic E-state index is 11.6. The predicted molar refractivity (Wildman–Crippen MR) is 67.3 cm³/mol. The average molecular weight is 281 g/mol. The summed E-state index contributed by atoms with van der Waals surface area (Å²) in [4.78, 5) is 23.1. The van der Waals surface area contributed by atoms with Crippen LogP contribution in [0.2, 0.25) is 0 Å². The molecule has 0 radical (unpaired) electrons. The molecule has 0 saturated carbocycles. The molecule has 1 aromatic rings. The topological polar surface area (TPSA) is 108 Å². The first-order valence-corrected chi connectivity index (χ1v) is 6.15. The molecule has 1 heterocycles. The number of carbonyl (C=O) groups excluding carboxylic acids is 2. The van der Waals surface area contributed by atoms with Gasteiger partial charge in [0.05, 0.1) is 13.2 Å². The van der Waals surface area contributed by atoms with E-state index in [1.54, 1.807) is 0 Å². The molecule has 0 aromatic heterocycles. The Hall–Kier alpha value is -2.28. The van der Waals surface area contributed by atoms with Crippen molar-refractivity contribution in [2.75, 3.05) is 13.2 Å². The predicted octanol–water partition coefficient (Wildman–Crippen LogP) is 0.724. The Kier molecular flexibility index (Phi) is 4.41. The SMILES string of the molecule is NC1Cc2ccc(O)cc2OC(=O)OCCCOC1=O. The first-order valence-electron chi connectivity index (χ1n) is 6.15. The minimum atomic E-state index is -0.877. The lowest BCUT2D eigenvalue weighted by Gasteiger charge is -2.16. The number of carbonyl (C=O) groups is 2. The molecule has 3 N–H and O–H groups in total. The van der Waals surface area contributed by atoms with Crippen LogP contribution in [-0.2, 0) is 20.7 Å². The highest BCUT2D eigenvalue weighted by Gasteiger charge is 2.20. The minimum absolute atomic E-state index is 0.0650. The number of rotatable bonds is 0. The quantitative estimate of drug-likeness (QED) is 0.533. The third-order valence-corrected chi connectivity index (χ3v) is 2.74. The number of phenols is 1. The lowest BCUT2D eigenvalue weighted by molar-refractivity contribution is -0.145. The van der Waals surface area contributed by atoms with Gasteiger partial charge in [-0.25, -0.2) is 4.79 Å². The number of hydrogen-bond donors (Lipinski definition) is 2. The van der Waals surface area contributed by atoms with Crippen LogP contribution in [-0.4, -0.2) is 36.5 Å². The summed E-state index contributed by atoms with van der Waals surface area (Å²) in [7, 11) is 0. The third-order valence-electron chi connectivity index (χ3n) is 2.74. The van der Waals surface area contributed by atoms with Gasteiger partial charge in [-0.3, -0.25) is 4.79 Å². The van der Waals surface area contributed by atoms with E-state index in [9.17, 15) is 14.7 Å². The Bertz CT molecular complexity index is 516. The Balaban J connectivity index is 2.27. The zero-order valence-corrected chi connectivity index (χ0v) is 10.7. The van der Waals surface area contributed by atoms with E-state index in [1.807, 2.05) is 0 Å². The maximum Gasteiger partial charge on any atom is 0.513 e. The molecule has 7 heteroatoms. The molecule has 1 aromatic carbocycles. The summed E-state index contributed by atoms with van der Waals surface area (Å²) in [6.07, 6.45) is -0.389. The smallest absolute Gasteiger partial charge is 0.508 e. The number of cyclic esters (lactones) is 2. The van der Waals surface area contributed by atoms with Gasteiger partial charge in [0.15, 0.2) is 0 Å². The first-order chi connectivity index (χ1) is 9.56. The summed E-state index contributed by atoms with van der Waals surface area (Å²) < 4.78 is 14.8. The number of aromatic hydroxyl groups is 1. The van der Waals surface area contributed by atoms with Crippen molar-refractivity contribution in [3.63, 3.8) is 0 Å². The van der Waals surface area contributed by atoms with Crippen molar-refractivity contribution in [1.29, 1.82) is 0 Å². The number of fused-ring (bicyclic) bond motifs is 1. The standard InChI is InChI=1S/C13H15NO6/c14-10-6-8-2-3-9(15)7-11(8)20-13(17)19-5-1-4-18-12(10)16/h2-3,7,10,15H,1,4-6,14H2. The zero-order chi connectivity index (χ0) is 14.5. The minimum Gasteiger partial charge on any atom is -0.508 e. The second-order valence-corrected chi connectivity index (χ2v) is 4.32. The van der Waals surface area contributed by atoms with Crippen LogP contribution in [0.4, 0.5) is 4.79 Å². The lowest BCUT2D eigenvalue weighted by Crippen LogP contribution is -2.35. The number of nitrogens with two attached hydrogens (primary N) is 1. The maximum atomic E-state index is 11.6. The van der Waals surface area contributed by atoms with Crippen LogP contribution in [0.25, 0.3) is 0 Å². The summed E-state index contributed by atoms with van der Waals surface area (Å²) in [5.74, 6) is -0.491. The second kappa shape index (κ2) is 6.25. The van der Waals surface area contributed by atoms with Gasteiger partial charge in [-0.15, -0.1) is 0 Å². The van der Waals surface area contributed by atoms with Crippen LogP contribution in [0.15, 0.2) is 18.2 Å². The lowest BCUT2D eigenvalue weighted by atomic mass is 10.1. The van der Waals surface area contributed by atoms with Gasteiger partial charge in [0.25, 0.3) is 0 Å². The Morgan fingerprint density at radius 1 is 1.20 bits per heavy atom. The van der Waals surface area contributed by atoms with Crippen LogP contribution in [0, 0.1) is 0 Å². The number of hydrogen-bond acceptors (Lipinski definition) is 7. The van der Waals surface area contributed by atoms with E-state index < -0.39 is 18.2 Å². The van der Waals surface area contributed by atoms with Gasteiger partial charge >= 0.3 is 12.1 Å². The van der Waals surface area contributed by atoms with Gasteiger partial charge in [-0.2, -0.15) is 0 Å². The van der Waals surface area contributed by atoms with Crippen LogP contribution >= 0.6 is 0 Å². The Morgan fingerprint density at radius 3 is 2.75 bits per heavy atom. The molecule has 7 nitrogen and oxygen atoms in total. The fourth-order valence-electron chi connectivity index (χ4n) is 1.74. The molecule has 0 spiro atoms. The Morgan fingerprint density at radius 2 is 1.95 bits per heavy atom. The van der Waals surface area contributed by atoms with Gasteiger partial charge < -0.3 is 25.1 Å². The van der Waals surface area contributed by atoms with E-state index in [-0.39, 0.29) is 31.1 Å². The molecule has 2 rings (SSSR count). The van der Waals surface area contributed by atoms with Crippen molar-refractivity contribution >= 4 is 12.1 Å². The molecule has 1 unspecified atom stereocenters. The molecule has 0 fully saturated rings. The molecule has 108 valence electrons. The molecule has 0 amide bonds. The molecular weight excluding hydrogens is 266 g/mol. The van der Waals surface area contributed by atoms with Crippen molar-refractivity contribution in [1.82, 2.24) is 0 Å². The summed E-state index contributed by atoms with van der Waals surface area (Å²) in [6.45, 7) is 0.192. The summed E-state index contributed by atoms with van der Waals surface area (Å²) in [5.41, 5.74) is 6.24. The van der Waals surface area contributed by atoms with Gasteiger partial charge in [0, 0.05) is 18.9 Å². The summed E-state index contributed by atoms with van der Waals surface area (Å²) >= 11 is 0. The highest BCUT2D eigenvalue weighted by molar-refractivity contribution is 5.76. The first kappa shape index (κ1) is 14.1. The molecule has 0 saturated heterocycles. The van der Waals surface area contributed by atoms with Crippen molar-refractivity contribution in [3.05, 3.63) is 23.8 Å². The van der Waals surface area contributed by atoms with E-state index in [1.165, 1.54) is 18.2 Å². The summed E-state index contributed by atoms with van der Waals surface area (Å²) in [5, 5.41) is 9.43. The molecule has 1 atom stereocenters. The van der Waals surface area contributed by atoms with Gasteiger partial charge in [-0.05, 0) is 11.6 Å². The van der Waals surface area contributed by atoms with E-state index in [0.717, 1.165) is 0 Å². The van der Waals surface area contributed by atoms with Crippen LogP contribution < -0.4 is 10.5 Å². The zero-order valence-electron chi connectivity index (χ0n) is 10.7. The van der Waals surface area contributed by atoms with E-state index >= 15 is 0 Å². The van der Waals surface area contributed by atoms with Crippen molar-refractivity contribution in [2.45, 2.75) is 18.9 Å². The van der Waals surface area contributed by atoms with Gasteiger partial charge in [-0.1, -0.05) is 6.07 Å². The molecule has 1 aliphatic heterocycles. The number of ether oxygens (including phenoxy) is 3. The number of benzene rings is 1. The normalized spacial score (nSPS) is 20.6. The fraction of sp³-hybridized carbons (Fsp3) is 0.385. The van der Waals surface area contributed by atoms with Gasteiger partial charge in [0.2, 0.25) is 0 Å². The fourth-order valence-corrected chi connectivity index (χ4v) is 1.74. The largest absolute Gasteiger partial charge is 0.513 e. The highest BCUT2D eigenvalue weighted by atomic mass is 16.7. The molecule has 20 heavy (non-hydrogen) atoms. The molecular formula is C13H15NO6. The Labute approximate surface area is 115 Å². The molecule has 0 aliphatic carbocycles. The second-order valence-electron chi connectivity index (χ2n) is 4.32. The third kappa shape index (κ3) is 3.61. The van der Waals surface area contributed by atoms with Gasteiger partial charge in [0.1, 0.15) is 17.5 Å². The monoisotopic (exact) mass is 281 g/mol. The van der Waals surface area contributed by atoms with Crippen molar-refractivity contribution in [3.8, 4) is 11.5 Å². The van der Waals surface area contributed by atoms with E-state index in [0.29, 0.717) is 12.0 Å². The van der Waals surface area contributed by atoms with Crippen molar-refractivity contribution < 1.29 is 28.9 Å². The summed E-state index contributed by atoms with van der Waals surface area (Å²) in [6, 6.07) is 3.34. The van der Waals surface area contributed by atoms with E-state index in [4.69, 9.17) is 19.9 Å². The molecule has 1 aliphatic rings. The number of esters is 1. The van der Waals surface area contributed by atoms with Crippen LogP contribution in [0.3, 0.4) is 0 Å². The van der Waals surface area contributed by atoms with Crippen LogP contribution in [0.5, 0.6) is 11.5 Å².